The lowest BCUT2D eigenvalue weighted by atomic mass is 10.0. The Morgan fingerprint density at radius 1 is 1.05 bits per heavy atom. The van der Waals surface area contributed by atoms with Crippen molar-refractivity contribution in [3.05, 3.63) is 89.4 Å². The van der Waals surface area contributed by atoms with Gasteiger partial charge < -0.3 is 14.8 Å². The van der Waals surface area contributed by atoms with Crippen LogP contribution in [0.5, 0.6) is 5.88 Å². The molecule has 6 rings (SSSR count). The molecule has 222 valence electrons. The number of hydrogen-bond donors (Lipinski definition) is 1. The lowest BCUT2D eigenvalue weighted by molar-refractivity contribution is -0.122. The van der Waals surface area contributed by atoms with Gasteiger partial charge in [0.05, 0.1) is 25.8 Å². The zero-order chi connectivity index (χ0) is 29.1. The summed E-state index contributed by atoms with van der Waals surface area (Å²) in [6.07, 6.45) is 2.36. The van der Waals surface area contributed by atoms with Crippen LogP contribution in [0.4, 0.5) is 10.1 Å². The van der Waals surface area contributed by atoms with Crippen molar-refractivity contribution in [2.24, 2.45) is 0 Å². The second kappa shape index (κ2) is 12.9. The first-order valence-corrected chi connectivity index (χ1v) is 15.0. The van der Waals surface area contributed by atoms with E-state index in [1.165, 1.54) is 12.1 Å². The summed E-state index contributed by atoms with van der Waals surface area (Å²) in [6.45, 7) is 9.94. The summed E-state index contributed by atoms with van der Waals surface area (Å²) in [5.74, 6) is 0.232. The number of carbonyl (C=O) groups excluding carboxylic acids is 1. The molecule has 4 heterocycles. The lowest BCUT2D eigenvalue weighted by Gasteiger charge is -2.44. The van der Waals surface area contributed by atoms with Crippen LogP contribution in [0.25, 0.3) is 0 Å². The third kappa shape index (κ3) is 6.49. The molecule has 3 aromatic rings. The highest BCUT2D eigenvalue weighted by Gasteiger charge is 2.37. The van der Waals surface area contributed by atoms with E-state index < -0.39 is 0 Å². The molecule has 1 unspecified atom stereocenters. The first kappa shape index (κ1) is 28.7. The van der Waals surface area contributed by atoms with E-state index in [-0.39, 0.29) is 23.8 Å². The van der Waals surface area contributed by atoms with Crippen LogP contribution in [0.15, 0.2) is 66.9 Å². The second-order valence-corrected chi connectivity index (χ2v) is 11.8. The number of carbonyl (C=O) groups is 1. The Hall–Kier alpha value is -3.37. The maximum absolute atomic E-state index is 14.4. The number of aromatic nitrogens is 1. The smallest absolute Gasteiger partial charge is 0.242 e. The average Bonchev–Trinajstić information content (AvgIpc) is 3.00. The van der Waals surface area contributed by atoms with Crippen LogP contribution in [0.1, 0.15) is 36.6 Å². The minimum absolute atomic E-state index is 0.0308. The van der Waals surface area contributed by atoms with E-state index in [2.05, 4.69) is 33.9 Å². The maximum Gasteiger partial charge on any atom is 0.242 e. The van der Waals surface area contributed by atoms with Gasteiger partial charge in [-0.15, -0.1) is 0 Å². The van der Waals surface area contributed by atoms with Crippen LogP contribution in [-0.4, -0.2) is 91.4 Å². The van der Waals surface area contributed by atoms with Crippen molar-refractivity contribution in [3.63, 3.8) is 0 Å². The average molecular weight is 574 g/mol. The molecule has 1 aromatic heterocycles. The Balaban J connectivity index is 1.29. The zero-order valence-electron chi connectivity index (χ0n) is 24.4. The third-order valence-electron chi connectivity index (χ3n) is 8.63. The van der Waals surface area contributed by atoms with E-state index in [4.69, 9.17) is 9.47 Å². The van der Waals surface area contributed by atoms with Crippen molar-refractivity contribution >= 4 is 11.6 Å². The quantitative estimate of drug-likeness (QED) is 0.463. The summed E-state index contributed by atoms with van der Waals surface area (Å²) in [6, 6.07) is 19.2. The van der Waals surface area contributed by atoms with Crippen LogP contribution in [0, 0.1) is 5.82 Å². The van der Waals surface area contributed by atoms with E-state index in [0.29, 0.717) is 43.2 Å². The van der Waals surface area contributed by atoms with Gasteiger partial charge in [0.2, 0.25) is 11.8 Å². The monoisotopic (exact) mass is 573 g/mol. The fourth-order valence-corrected chi connectivity index (χ4v) is 6.29. The minimum atomic E-state index is -0.271. The number of anilines is 1. The Morgan fingerprint density at radius 3 is 2.64 bits per heavy atom. The van der Waals surface area contributed by atoms with Gasteiger partial charge in [-0.1, -0.05) is 42.5 Å². The highest BCUT2D eigenvalue weighted by molar-refractivity contribution is 5.97. The molecule has 0 bridgehead atoms. The predicted molar refractivity (Wildman–Crippen MR) is 160 cm³/mol. The number of nitrogens with zero attached hydrogens (tertiary/aromatic N) is 4. The molecule has 0 radical (unpaired) electrons. The standard InChI is InChI=1S/C33H40FN5O3/c1-23-18-38(29(17-35-23)19-37-12-13-41-21-24(37)2)20-32(40)39-30-15-26(14-25-8-10-28(34)11-9-25)16-36-33(30)42-22-31(39)27-6-4-3-5-7-27/h3-11,15-16,23-24,29,31,35H,12-14,17-22H2,1-2H3/t23-,24-,29-,31?/m1/s1. The SMILES string of the molecule is C[C@@H]1CN(CC(=O)N2c3cc(Cc4ccc(F)cc4)cnc3OCC2c2ccccc2)[C@@H](CN2CCOC[C@H]2C)CN1. The summed E-state index contributed by atoms with van der Waals surface area (Å²) in [5, 5.41) is 3.63. The number of morpholine rings is 1. The number of halogens is 1. The molecule has 0 aliphatic carbocycles. The van der Waals surface area contributed by atoms with Gasteiger partial charge in [0.15, 0.2) is 0 Å². The number of benzene rings is 2. The van der Waals surface area contributed by atoms with Gasteiger partial charge in [-0.25, -0.2) is 9.37 Å². The first-order chi connectivity index (χ1) is 20.4. The Morgan fingerprint density at radius 2 is 1.86 bits per heavy atom. The van der Waals surface area contributed by atoms with Crippen LogP contribution in [-0.2, 0) is 16.0 Å². The van der Waals surface area contributed by atoms with Gasteiger partial charge in [0.25, 0.3) is 0 Å². The normalized spacial score (nSPS) is 25.1. The number of hydrogen-bond acceptors (Lipinski definition) is 7. The fourth-order valence-electron chi connectivity index (χ4n) is 6.29. The molecule has 2 saturated heterocycles. The molecule has 2 fully saturated rings. The minimum Gasteiger partial charge on any atom is -0.474 e. The molecule has 4 atom stereocenters. The fraction of sp³-hybridized carbons (Fsp3) is 0.455. The van der Waals surface area contributed by atoms with Crippen LogP contribution in [0.2, 0.25) is 0 Å². The topological polar surface area (TPSA) is 70.2 Å². The van der Waals surface area contributed by atoms with Crippen molar-refractivity contribution in [2.75, 3.05) is 57.4 Å². The largest absolute Gasteiger partial charge is 0.474 e. The Bertz CT molecular complexity index is 1360. The van der Waals surface area contributed by atoms with Gasteiger partial charge in [0.1, 0.15) is 18.1 Å². The van der Waals surface area contributed by atoms with Crippen molar-refractivity contribution in [2.45, 2.75) is 44.4 Å². The molecule has 42 heavy (non-hydrogen) atoms. The maximum atomic E-state index is 14.4. The molecule has 3 aliphatic heterocycles. The predicted octanol–water partition coefficient (Wildman–Crippen LogP) is 3.66. The van der Waals surface area contributed by atoms with E-state index in [0.717, 1.165) is 56.1 Å². The van der Waals surface area contributed by atoms with Gasteiger partial charge >= 0.3 is 0 Å². The van der Waals surface area contributed by atoms with Gasteiger partial charge in [-0.3, -0.25) is 19.5 Å². The van der Waals surface area contributed by atoms with E-state index in [9.17, 15) is 9.18 Å². The summed E-state index contributed by atoms with van der Waals surface area (Å²) < 4.78 is 25.3. The van der Waals surface area contributed by atoms with Gasteiger partial charge in [-0.2, -0.15) is 0 Å². The van der Waals surface area contributed by atoms with Gasteiger partial charge in [0, 0.05) is 50.5 Å². The van der Waals surface area contributed by atoms with E-state index in [1.807, 2.05) is 41.3 Å². The first-order valence-electron chi connectivity index (χ1n) is 15.0. The molecule has 9 heteroatoms. The molecule has 8 nitrogen and oxygen atoms in total. The molecule has 0 spiro atoms. The number of ether oxygens (including phenoxy) is 2. The number of amides is 1. The van der Waals surface area contributed by atoms with Crippen molar-refractivity contribution in [1.29, 1.82) is 0 Å². The zero-order valence-corrected chi connectivity index (χ0v) is 24.4. The molecular weight excluding hydrogens is 533 g/mol. The number of fused-ring (bicyclic) bond motifs is 1. The van der Waals surface area contributed by atoms with Crippen molar-refractivity contribution < 1.29 is 18.7 Å². The molecular formula is C33H40FN5O3. The summed E-state index contributed by atoms with van der Waals surface area (Å²) >= 11 is 0. The molecule has 1 N–H and O–H groups in total. The number of rotatable bonds is 7. The van der Waals surface area contributed by atoms with Crippen LogP contribution < -0.4 is 15.0 Å². The van der Waals surface area contributed by atoms with Gasteiger partial charge in [-0.05, 0) is 55.2 Å². The van der Waals surface area contributed by atoms with Crippen LogP contribution >= 0.6 is 0 Å². The molecule has 2 aromatic carbocycles. The Labute approximate surface area is 247 Å². The van der Waals surface area contributed by atoms with Crippen molar-refractivity contribution in [1.82, 2.24) is 20.1 Å². The lowest BCUT2D eigenvalue weighted by Crippen LogP contribution is -2.62. The van der Waals surface area contributed by atoms with E-state index in [1.54, 1.807) is 18.3 Å². The Kier molecular flexibility index (Phi) is 8.81. The molecule has 0 saturated carbocycles. The molecule has 3 aliphatic rings. The molecule has 1 amide bonds. The second-order valence-electron chi connectivity index (χ2n) is 11.8. The van der Waals surface area contributed by atoms with E-state index >= 15 is 0 Å². The number of nitrogens with one attached hydrogen (secondary N) is 1. The highest BCUT2D eigenvalue weighted by atomic mass is 19.1. The summed E-state index contributed by atoms with van der Waals surface area (Å²) in [4.78, 5) is 25.8. The summed E-state index contributed by atoms with van der Waals surface area (Å²) in [5.41, 5.74) is 3.61. The van der Waals surface area contributed by atoms with Crippen molar-refractivity contribution in [3.8, 4) is 5.88 Å². The van der Waals surface area contributed by atoms with Crippen LogP contribution in [0.3, 0.4) is 0 Å². The number of pyridine rings is 1. The number of piperazine rings is 1. The highest BCUT2D eigenvalue weighted by Crippen LogP contribution is 2.39. The third-order valence-corrected chi connectivity index (χ3v) is 8.63. The summed E-state index contributed by atoms with van der Waals surface area (Å²) in [7, 11) is 0.